The van der Waals surface area contributed by atoms with Gasteiger partial charge in [0.2, 0.25) is 0 Å². The second-order valence-corrected chi connectivity index (χ2v) is 8.67. The van der Waals surface area contributed by atoms with Gasteiger partial charge in [0.05, 0.1) is 32.0 Å². The molecule has 0 fully saturated rings. The van der Waals surface area contributed by atoms with Crippen molar-refractivity contribution in [1.82, 2.24) is 5.32 Å². The van der Waals surface area contributed by atoms with Gasteiger partial charge in [-0.25, -0.2) is 4.39 Å². The Labute approximate surface area is 206 Å². The average molecular weight is 475 g/mol. The highest BCUT2D eigenvalue weighted by Gasteiger charge is 2.41. The maximum Gasteiger partial charge on any atom is 0.161 e. The highest BCUT2D eigenvalue weighted by molar-refractivity contribution is 5.48. The van der Waals surface area contributed by atoms with Gasteiger partial charge in [-0.3, -0.25) is 0 Å². The third kappa shape index (κ3) is 5.82. The van der Waals surface area contributed by atoms with Crippen LogP contribution in [0.3, 0.4) is 0 Å². The molecule has 6 heteroatoms. The molecule has 0 radical (unpaired) electrons. The Morgan fingerprint density at radius 3 is 2.54 bits per heavy atom. The van der Waals surface area contributed by atoms with Crippen LogP contribution in [0.25, 0.3) is 0 Å². The van der Waals surface area contributed by atoms with E-state index in [1.54, 1.807) is 19.2 Å². The lowest BCUT2D eigenvalue weighted by molar-refractivity contribution is -0.0129. The molecule has 1 unspecified atom stereocenters. The molecule has 1 aliphatic heterocycles. The minimum atomic E-state index is -0.624. The van der Waals surface area contributed by atoms with E-state index in [0.717, 1.165) is 67.0 Å². The molecule has 0 amide bonds. The van der Waals surface area contributed by atoms with Crippen molar-refractivity contribution in [2.24, 2.45) is 0 Å². The van der Waals surface area contributed by atoms with Gasteiger partial charge in [-0.05, 0) is 91.9 Å². The quantitative estimate of drug-likeness (QED) is 0.341. The molecule has 1 aliphatic rings. The zero-order valence-corrected chi connectivity index (χ0v) is 20.1. The molecule has 182 valence electrons. The molecule has 35 heavy (non-hydrogen) atoms. The van der Waals surface area contributed by atoms with Gasteiger partial charge in [-0.1, -0.05) is 30.3 Å². The molecule has 1 atom stereocenters. The Morgan fingerprint density at radius 2 is 1.77 bits per heavy atom. The minimum Gasteiger partial charge on any atom is -0.493 e. The Balaban J connectivity index is 1.27. The predicted molar refractivity (Wildman–Crippen MR) is 133 cm³/mol. The van der Waals surface area contributed by atoms with Crippen molar-refractivity contribution in [3.05, 3.63) is 94.8 Å². The normalized spacial score (nSPS) is 16.5. The number of fused-ring (bicyclic) bond motifs is 1. The van der Waals surface area contributed by atoms with Crippen LogP contribution in [0.1, 0.15) is 47.9 Å². The van der Waals surface area contributed by atoms with E-state index in [-0.39, 0.29) is 5.82 Å². The average Bonchev–Trinajstić information content (AvgIpc) is 3.27. The molecule has 4 rings (SSSR count). The van der Waals surface area contributed by atoms with E-state index >= 15 is 0 Å². The van der Waals surface area contributed by atoms with Crippen LogP contribution >= 0.6 is 0 Å². The van der Waals surface area contributed by atoms with Crippen LogP contribution < -0.4 is 14.8 Å². The van der Waals surface area contributed by atoms with Crippen LogP contribution in [-0.4, -0.2) is 26.8 Å². The Bertz CT molecular complexity index is 1160. The number of para-hydroxylation sites is 2. The summed E-state index contributed by atoms with van der Waals surface area (Å²) in [7, 11) is 1.64. The Morgan fingerprint density at radius 1 is 1.00 bits per heavy atom. The zero-order valence-electron chi connectivity index (χ0n) is 20.1. The maximum absolute atomic E-state index is 13.6. The van der Waals surface area contributed by atoms with Crippen molar-refractivity contribution in [3.63, 3.8) is 0 Å². The van der Waals surface area contributed by atoms with Gasteiger partial charge in [0, 0.05) is 0 Å². The number of unbranched alkanes of at least 4 members (excludes halogenated alkanes) is 1. The molecule has 0 saturated carbocycles. The summed E-state index contributed by atoms with van der Waals surface area (Å²) in [5.74, 6) is 1.26. The highest BCUT2D eigenvalue weighted by atomic mass is 19.1. The molecular weight excluding hydrogens is 443 g/mol. The number of nitriles is 1. The SMILES string of the molecule is COc1ccccc1OCCCCNCCCC1(c2ccc(F)cc2)OCc2cc(C#N)ccc21. The fourth-order valence-corrected chi connectivity index (χ4v) is 4.62. The monoisotopic (exact) mass is 474 g/mol. The van der Waals surface area contributed by atoms with Crippen molar-refractivity contribution >= 4 is 0 Å². The largest absolute Gasteiger partial charge is 0.493 e. The summed E-state index contributed by atoms with van der Waals surface area (Å²) in [6.45, 7) is 2.85. The number of ether oxygens (including phenoxy) is 3. The molecule has 0 saturated heterocycles. The van der Waals surface area contributed by atoms with Crippen LogP contribution in [-0.2, 0) is 16.9 Å². The summed E-state index contributed by atoms with van der Waals surface area (Å²) in [5, 5.41) is 12.8. The lowest BCUT2D eigenvalue weighted by Gasteiger charge is -2.30. The molecule has 1 heterocycles. The van der Waals surface area contributed by atoms with Crippen LogP contribution in [0.5, 0.6) is 11.5 Å². The summed E-state index contributed by atoms with van der Waals surface area (Å²) >= 11 is 0. The minimum absolute atomic E-state index is 0.265. The van der Waals surface area contributed by atoms with E-state index < -0.39 is 5.60 Å². The van der Waals surface area contributed by atoms with E-state index in [1.165, 1.54) is 12.1 Å². The molecular formula is C29H31FN2O3. The third-order valence-electron chi connectivity index (χ3n) is 6.41. The van der Waals surface area contributed by atoms with Gasteiger partial charge in [-0.15, -0.1) is 0 Å². The number of hydrogen-bond acceptors (Lipinski definition) is 5. The smallest absolute Gasteiger partial charge is 0.161 e. The number of rotatable bonds is 12. The van der Waals surface area contributed by atoms with Crippen molar-refractivity contribution in [2.45, 2.75) is 37.9 Å². The first kappa shape index (κ1) is 24.7. The standard InChI is InChI=1S/C29H31FN2O3/c1-33-27-7-2-3-8-28(27)34-18-5-4-16-32-17-6-15-29(24-10-12-25(30)13-11-24)26-14-9-22(20-31)19-23(26)21-35-29/h2-3,7-14,19,32H,4-6,15-18,21H2,1H3. The first-order chi connectivity index (χ1) is 17.2. The second kappa shape index (κ2) is 11.8. The molecule has 0 aromatic heterocycles. The van der Waals surface area contributed by atoms with Crippen LogP contribution in [0, 0.1) is 17.1 Å². The second-order valence-electron chi connectivity index (χ2n) is 8.67. The molecule has 0 aliphatic carbocycles. The Hall–Kier alpha value is -3.40. The number of nitrogens with one attached hydrogen (secondary N) is 1. The topological polar surface area (TPSA) is 63.5 Å². The number of methoxy groups -OCH3 is 1. The van der Waals surface area contributed by atoms with E-state index in [9.17, 15) is 9.65 Å². The molecule has 5 nitrogen and oxygen atoms in total. The van der Waals surface area contributed by atoms with E-state index in [2.05, 4.69) is 11.4 Å². The number of nitrogens with zero attached hydrogens (tertiary/aromatic N) is 1. The Kier molecular flexibility index (Phi) is 8.36. The molecule has 0 spiro atoms. The lowest BCUT2D eigenvalue weighted by Crippen LogP contribution is -2.29. The van der Waals surface area contributed by atoms with Gasteiger partial charge in [0.15, 0.2) is 11.5 Å². The van der Waals surface area contributed by atoms with Gasteiger partial charge in [0.25, 0.3) is 0 Å². The predicted octanol–water partition coefficient (Wildman–Crippen LogP) is 5.71. The molecule has 3 aromatic rings. The fourth-order valence-electron chi connectivity index (χ4n) is 4.62. The molecule has 3 aromatic carbocycles. The summed E-state index contributed by atoms with van der Waals surface area (Å²) in [6, 6.07) is 22.1. The number of benzene rings is 3. The third-order valence-corrected chi connectivity index (χ3v) is 6.41. The van der Waals surface area contributed by atoms with Gasteiger partial charge < -0.3 is 19.5 Å². The van der Waals surface area contributed by atoms with E-state index in [4.69, 9.17) is 14.2 Å². The summed E-state index contributed by atoms with van der Waals surface area (Å²) in [4.78, 5) is 0. The zero-order chi connectivity index (χ0) is 24.5. The first-order valence-corrected chi connectivity index (χ1v) is 12.1. The van der Waals surface area contributed by atoms with Crippen molar-refractivity contribution in [2.75, 3.05) is 26.8 Å². The van der Waals surface area contributed by atoms with Gasteiger partial charge in [0.1, 0.15) is 11.4 Å². The summed E-state index contributed by atoms with van der Waals surface area (Å²) < 4.78 is 31.1. The number of hydrogen-bond donors (Lipinski definition) is 1. The number of halogens is 1. The van der Waals surface area contributed by atoms with Crippen LogP contribution in [0.2, 0.25) is 0 Å². The van der Waals surface area contributed by atoms with Crippen molar-refractivity contribution in [1.29, 1.82) is 5.26 Å². The van der Waals surface area contributed by atoms with Crippen molar-refractivity contribution < 1.29 is 18.6 Å². The van der Waals surface area contributed by atoms with Crippen molar-refractivity contribution in [3.8, 4) is 17.6 Å². The summed E-state index contributed by atoms with van der Waals surface area (Å²) in [6.07, 6.45) is 3.62. The van der Waals surface area contributed by atoms with Gasteiger partial charge >= 0.3 is 0 Å². The fraction of sp³-hybridized carbons (Fsp3) is 0.345. The molecule has 0 bridgehead atoms. The lowest BCUT2D eigenvalue weighted by atomic mass is 9.81. The van der Waals surface area contributed by atoms with Crippen LogP contribution in [0.15, 0.2) is 66.7 Å². The van der Waals surface area contributed by atoms with Crippen LogP contribution in [0.4, 0.5) is 4.39 Å². The maximum atomic E-state index is 13.6. The highest BCUT2D eigenvalue weighted by Crippen LogP contribution is 2.45. The first-order valence-electron chi connectivity index (χ1n) is 12.1. The molecule has 1 N–H and O–H groups in total. The van der Waals surface area contributed by atoms with E-state index in [1.807, 2.05) is 42.5 Å². The van der Waals surface area contributed by atoms with Gasteiger partial charge in [-0.2, -0.15) is 5.26 Å². The summed E-state index contributed by atoms with van der Waals surface area (Å²) in [5.41, 5.74) is 3.03. The van der Waals surface area contributed by atoms with E-state index in [0.29, 0.717) is 18.8 Å².